The molecule has 0 unspecified atom stereocenters. The van der Waals surface area contributed by atoms with Crippen LogP contribution in [0.15, 0.2) is 24.4 Å². The summed E-state index contributed by atoms with van der Waals surface area (Å²) in [6.45, 7) is 14.4. The summed E-state index contributed by atoms with van der Waals surface area (Å²) in [4.78, 5) is 4.76. The standard InChI is InChI=1S/C20H29N5S/c1-5-25-17(4)18(13-21-25)14-23-8-10-24(11-9-23)20(26)22-19-7-6-15(2)12-16(19)3/h6-7,12-13H,5,8-11,14H2,1-4H3,(H,22,26). The zero-order valence-electron chi connectivity index (χ0n) is 16.2. The Morgan fingerprint density at radius 1 is 1.15 bits per heavy atom. The number of aromatic nitrogens is 2. The van der Waals surface area contributed by atoms with Crippen LogP contribution in [-0.4, -0.2) is 50.9 Å². The lowest BCUT2D eigenvalue weighted by atomic mass is 10.1. The van der Waals surface area contributed by atoms with Gasteiger partial charge in [-0.2, -0.15) is 5.10 Å². The van der Waals surface area contributed by atoms with Crippen molar-refractivity contribution >= 4 is 23.0 Å². The summed E-state index contributed by atoms with van der Waals surface area (Å²) < 4.78 is 2.06. The molecule has 1 saturated heterocycles. The number of hydrogen-bond acceptors (Lipinski definition) is 3. The highest BCUT2D eigenvalue weighted by Gasteiger charge is 2.20. The molecule has 0 spiro atoms. The Morgan fingerprint density at radius 2 is 1.88 bits per heavy atom. The van der Waals surface area contributed by atoms with Crippen molar-refractivity contribution in [2.24, 2.45) is 0 Å². The third kappa shape index (κ3) is 4.24. The highest BCUT2D eigenvalue weighted by Crippen LogP contribution is 2.18. The van der Waals surface area contributed by atoms with E-state index < -0.39 is 0 Å². The molecular formula is C20H29N5S. The first-order valence-corrected chi connectivity index (χ1v) is 9.75. The van der Waals surface area contributed by atoms with Crippen molar-refractivity contribution in [2.75, 3.05) is 31.5 Å². The summed E-state index contributed by atoms with van der Waals surface area (Å²) in [5.41, 5.74) is 6.22. The average Bonchev–Trinajstić information content (AvgIpc) is 2.98. The van der Waals surface area contributed by atoms with Gasteiger partial charge in [0.15, 0.2) is 5.11 Å². The summed E-state index contributed by atoms with van der Waals surface area (Å²) in [6.07, 6.45) is 2.01. The van der Waals surface area contributed by atoms with Gasteiger partial charge in [0.2, 0.25) is 0 Å². The quantitative estimate of drug-likeness (QED) is 0.834. The Bertz CT molecular complexity index is 775. The average molecular weight is 372 g/mol. The molecule has 0 atom stereocenters. The first-order chi connectivity index (χ1) is 12.5. The number of thiocarbonyl (C=S) groups is 1. The van der Waals surface area contributed by atoms with E-state index in [2.05, 4.69) is 70.8 Å². The monoisotopic (exact) mass is 371 g/mol. The molecule has 1 aromatic carbocycles. The first-order valence-electron chi connectivity index (χ1n) is 9.34. The molecule has 1 aliphatic rings. The molecule has 26 heavy (non-hydrogen) atoms. The third-order valence-electron chi connectivity index (χ3n) is 5.18. The zero-order valence-corrected chi connectivity index (χ0v) is 17.1. The molecule has 5 nitrogen and oxygen atoms in total. The summed E-state index contributed by atoms with van der Waals surface area (Å²) in [7, 11) is 0. The van der Waals surface area contributed by atoms with E-state index in [4.69, 9.17) is 12.2 Å². The fourth-order valence-corrected chi connectivity index (χ4v) is 3.75. The fourth-order valence-electron chi connectivity index (χ4n) is 3.46. The van der Waals surface area contributed by atoms with Gasteiger partial charge < -0.3 is 10.2 Å². The Labute approximate surface area is 162 Å². The van der Waals surface area contributed by atoms with Crippen molar-refractivity contribution in [3.8, 4) is 0 Å². The second-order valence-corrected chi connectivity index (χ2v) is 7.47. The molecule has 140 valence electrons. The minimum Gasteiger partial charge on any atom is -0.346 e. The third-order valence-corrected chi connectivity index (χ3v) is 5.54. The van der Waals surface area contributed by atoms with Crippen molar-refractivity contribution < 1.29 is 0 Å². The maximum atomic E-state index is 5.64. The Kier molecular flexibility index (Phi) is 5.94. The second kappa shape index (κ2) is 8.18. The van der Waals surface area contributed by atoms with Crippen LogP contribution in [0, 0.1) is 20.8 Å². The Morgan fingerprint density at radius 3 is 2.50 bits per heavy atom. The van der Waals surface area contributed by atoms with Crippen LogP contribution < -0.4 is 5.32 Å². The molecule has 1 aliphatic heterocycles. The number of aryl methyl sites for hydroxylation is 3. The number of hydrogen-bond donors (Lipinski definition) is 1. The van der Waals surface area contributed by atoms with E-state index in [1.165, 1.54) is 22.4 Å². The van der Waals surface area contributed by atoms with Gasteiger partial charge in [-0.05, 0) is 51.5 Å². The van der Waals surface area contributed by atoms with Crippen LogP contribution in [0.4, 0.5) is 5.69 Å². The lowest BCUT2D eigenvalue weighted by Crippen LogP contribution is -2.49. The van der Waals surface area contributed by atoms with Crippen LogP contribution >= 0.6 is 12.2 Å². The van der Waals surface area contributed by atoms with E-state index in [0.29, 0.717) is 0 Å². The maximum Gasteiger partial charge on any atom is 0.173 e. The molecule has 6 heteroatoms. The van der Waals surface area contributed by atoms with E-state index in [1.807, 2.05) is 6.20 Å². The number of nitrogens with zero attached hydrogens (tertiary/aromatic N) is 4. The van der Waals surface area contributed by atoms with Crippen LogP contribution in [0.5, 0.6) is 0 Å². The van der Waals surface area contributed by atoms with Crippen molar-refractivity contribution in [3.05, 3.63) is 46.8 Å². The van der Waals surface area contributed by atoms with E-state index in [0.717, 1.165) is 50.1 Å². The van der Waals surface area contributed by atoms with Crippen LogP contribution in [0.2, 0.25) is 0 Å². The van der Waals surface area contributed by atoms with E-state index >= 15 is 0 Å². The molecule has 0 aliphatic carbocycles. The van der Waals surface area contributed by atoms with Gasteiger partial charge in [0.25, 0.3) is 0 Å². The smallest absolute Gasteiger partial charge is 0.173 e. The van der Waals surface area contributed by atoms with Crippen molar-refractivity contribution in [3.63, 3.8) is 0 Å². The normalized spacial score (nSPS) is 15.3. The molecule has 0 amide bonds. The van der Waals surface area contributed by atoms with Crippen LogP contribution in [0.1, 0.15) is 29.3 Å². The molecule has 0 bridgehead atoms. The summed E-state index contributed by atoms with van der Waals surface area (Å²) in [6, 6.07) is 6.41. The molecule has 0 saturated carbocycles. The van der Waals surface area contributed by atoms with Crippen LogP contribution in [-0.2, 0) is 13.1 Å². The first kappa shape index (κ1) is 18.9. The zero-order chi connectivity index (χ0) is 18.7. The van der Waals surface area contributed by atoms with Crippen molar-refractivity contribution in [1.29, 1.82) is 0 Å². The number of piperazine rings is 1. The van der Waals surface area contributed by atoms with Gasteiger partial charge in [0.05, 0.1) is 6.20 Å². The minimum absolute atomic E-state index is 0.826. The van der Waals surface area contributed by atoms with Crippen molar-refractivity contribution in [2.45, 2.75) is 40.8 Å². The number of nitrogens with one attached hydrogen (secondary N) is 1. The van der Waals surface area contributed by atoms with Crippen LogP contribution in [0.3, 0.4) is 0 Å². The van der Waals surface area contributed by atoms with E-state index in [1.54, 1.807) is 0 Å². The molecule has 2 aromatic rings. The molecular weight excluding hydrogens is 342 g/mol. The van der Waals surface area contributed by atoms with Gasteiger partial charge in [0.1, 0.15) is 0 Å². The predicted octanol–water partition coefficient (Wildman–Crippen LogP) is 3.34. The lowest BCUT2D eigenvalue weighted by Gasteiger charge is -2.36. The molecule has 1 aromatic heterocycles. The summed E-state index contributed by atoms with van der Waals surface area (Å²) >= 11 is 5.64. The molecule has 3 rings (SSSR count). The van der Waals surface area contributed by atoms with Gasteiger partial charge in [-0.15, -0.1) is 0 Å². The predicted molar refractivity (Wildman–Crippen MR) is 112 cm³/mol. The Hall–Kier alpha value is -1.92. The van der Waals surface area contributed by atoms with Gasteiger partial charge in [-0.1, -0.05) is 17.7 Å². The molecule has 1 N–H and O–H groups in total. The van der Waals surface area contributed by atoms with Crippen molar-refractivity contribution in [1.82, 2.24) is 19.6 Å². The van der Waals surface area contributed by atoms with Crippen LogP contribution in [0.25, 0.3) is 0 Å². The fraction of sp³-hybridized carbons (Fsp3) is 0.500. The largest absolute Gasteiger partial charge is 0.346 e. The molecule has 1 fully saturated rings. The summed E-state index contributed by atoms with van der Waals surface area (Å²) in [5.74, 6) is 0. The SMILES string of the molecule is CCn1ncc(CN2CCN(C(=S)Nc3ccc(C)cc3C)CC2)c1C. The Balaban J connectivity index is 1.52. The second-order valence-electron chi connectivity index (χ2n) is 7.08. The highest BCUT2D eigenvalue weighted by atomic mass is 32.1. The van der Waals surface area contributed by atoms with Gasteiger partial charge in [-0.3, -0.25) is 9.58 Å². The summed E-state index contributed by atoms with van der Waals surface area (Å²) in [5, 5.41) is 8.70. The van der Waals surface area contributed by atoms with Gasteiger partial charge in [0, 0.05) is 56.2 Å². The number of anilines is 1. The maximum absolute atomic E-state index is 5.64. The van der Waals surface area contributed by atoms with Gasteiger partial charge in [-0.25, -0.2) is 0 Å². The van der Waals surface area contributed by atoms with E-state index in [-0.39, 0.29) is 0 Å². The van der Waals surface area contributed by atoms with E-state index in [9.17, 15) is 0 Å². The van der Waals surface area contributed by atoms with Gasteiger partial charge >= 0.3 is 0 Å². The topological polar surface area (TPSA) is 36.3 Å². The number of benzene rings is 1. The highest BCUT2D eigenvalue weighted by molar-refractivity contribution is 7.80. The number of rotatable bonds is 4. The molecule has 2 heterocycles. The molecule has 0 radical (unpaired) electrons. The minimum atomic E-state index is 0.826. The lowest BCUT2D eigenvalue weighted by molar-refractivity contribution is 0.176.